The number of allylic oxidation sites excluding steroid dienone is 1. The van der Waals surface area contributed by atoms with Gasteiger partial charge in [-0.15, -0.1) is 0 Å². The Kier molecular flexibility index (Phi) is 2.40. The van der Waals surface area contributed by atoms with Crippen molar-refractivity contribution in [3.8, 4) is 0 Å². The van der Waals surface area contributed by atoms with Gasteiger partial charge in [0.2, 0.25) is 0 Å². The van der Waals surface area contributed by atoms with Crippen LogP contribution in [0.4, 0.5) is 0 Å². The van der Waals surface area contributed by atoms with Gasteiger partial charge in [0.25, 0.3) is 0 Å². The number of nitrogens with one attached hydrogen (secondary N) is 1. The van der Waals surface area contributed by atoms with Crippen molar-refractivity contribution in [1.29, 1.82) is 0 Å². The third-order valence-electron chi connectivity index (χ3n) is 1.74. The van der Waals surface area contributed by atoms with E-state index in [0.717, 1.165) is 21.9 Å². The number of H-pyrrole nitrogens is 1. The third kappa shape index (κ3) is 1.78. The second-order valence-electron chi connectivity index (χ2n) is 2.63. The molecule has 0 radical (unpaired) electrons. The predicted molar refractivity (Wildman–Crippen MR) is 56.7 cm³/mol. The second-order valence-corrected chi connectivity index (χ2v) is 3.28. The molecule has 66 valence electrons. The first-order chi connectivity index (χ1) is 6.40. The van der Waals surface area contributed by atoms with Crippen LogP contribution in [0.25, 0.3) is 17.1 Å². The quantitative estimate of drug-likeness (QED) is 0.816. The van der Waals surface area contributed by atoms with E-state index in [4.69, 9.17) is 0 Å². The summed E-state index contributed by atoms with van der Waals surface area (Å²) in [4.78, 5) is 0. The molecule has 1 aromatic heterocycles. The maximum Gasteiger partial charge on any atom is 0.113 e. The first kappa shape index (κ1) is 8.44. The second kappa shape index (κ2) is 3.70. The minimum absolute atomic E-state index is 0.865. The lowest BCUT2D eigenvalue weighted by molar-refractivity contribution is 0.959. The molecule has 1 N–H and O–H groups in total. The monoisotopic (exact) mass is 237 g/mol. The molecule has 2 aromatic rings. The van der Waals surface area contributed by atoms with Crippen LogP contribution in [0.3, 0.4) is 0 Å². The highest BCUT2D eigenvalue weighted by atomic mass is 79.9. The summed E-state index contributed by atoms with van der Waals surface area (Å²) < 4.78 is 0. The summed E-state index contributed by atoms with van der Waals surface area (Å²) in [6.07, 6.45) is 4.09. The molecule has 0 amide bonds. The van der Waals surface area contributed by atoms with Crippen LogP contribution < -0.4 is 0 Å². The van der Waals surface area contributed by atoms with Crippen LogP contribution in [0, 0.1) is 0 Å². The fourth-order valence-corrected chi connectivity index (χ4v) is 1.33. The Hall–Kier alpha value is -1.16. The average molecular weight is 238 g/mol. The molecule has 0 atom stereocenters. The third-order valence-corrected chi connectivity index (χ3v) is 2.11. The van der Waals surface area contributed by atoms with Crippen molar-refractivity contribution < 1.29 is 0 Å². The lowest BCUT2D eigenvalue weighted by Gasteiger charge is -1.90. The molecule has 0 fully saturated rings. The SMILES string of the molecule is BrCC=Cc1ccc2n[nH]nc2c1. The van der Waals surface area contributed by atoms with Crippen molar-refractivity contribution in [2.45, 2.75) is 0 Å². The van der Waals surface area contributed by atoms with Crippen LogP contribution in [0.5, 0.6) is 0 Å². The highest BCUT2D eigenvalue weighted by molar-refractivity contribution is 9.09. The van der Waals surface area contributed by atoms with Crippen LogP contribution >= 0.6 is 15.9 Å². The minimum Gasteiger partial charge on any atom is -0.197 e. The van der Waals surface area contributed by atoms with Crippen LogP contribution in [0.1, 0.15) is 5.56 Å². The van der Waals surface area contributed by atoms with E-state index >= 15 is 0 Å². The van der Waals surface area contributed by atoms with E-state index < -0.39 is 0 Å². The first-order valence-corrected chi connectivity index (χ1v) is 5.05. The molecule has 0 aliphatic rings. The van der Waals surface area contributed by atoms with Crippen LogP contribution in [0.2, 0.25) is 0 Å². The lowest BCUT2D eigenvalue weighted by atomic mass is 10.2. The largest absolute Gasteiger partial charge is 0.197 e. The van der Waals surface area contributed by atoms with Crippen LogP contribution in [0.15, 0.2) is 24.3 Å². The molecule has 0 unspecified atom stereocenters. The molecule has 0 bridgehead atoms. The standard InChI is InChI=1S/C9H8BrN3/c10-5-1-2-7-3-4-8-9(6-7)12-13-11-8/h1-4,6H,5H2,(H,11,12,13). The number of nitrogens with zero attached hydrogens (tertiary/aromatic N) is 2. The Morgan fingerprint density at radius 3 is 3.00 bits per heavy atom. The number of hydrogen-bond acceptors (Lipinski definition) is 2. The lowest BCUT2D eigenvalue weighted by Crippen LogP contribution is -1.73. The van der Waals surface area contributed by atoms with Gasteiger partial charge >= 0.3 is 0 Å². The first-order valence-electron chi connectivity index (χ1n) is 3.93. The number of aromatic nitrogens is 3. The maximum absolute atomic E-state index is 4.01. The number of rotatable bonds is 2. The highest BCUT2D eigenvalue weighted by Gasteiger charge is 1.96. The summed E-state index contributed by atoms with van der Waals surface area (Å²) >= 11 is 3.33. The number of alkyl halides is 1. The van der Waals surface area contributed by atoms with Gasteiger partial charge in [0, 0.05) is 5.33 Å². The summed E-state index contributed by atoms with van der Waals surface area (Å²) in [6, 6.07) is 5.97. The molecule has 0 aliphatic heterocycles. The average Bonchev–Trinajstić information content (AvgIpc) is 2.61. The van der Waals surface area contributed by atoms with Gasteiger partial charge in [-0.25, -0.2) is 0 Å². The fourth-order valence-electron chi connectivity index (χ4n) is 1.14. The predicted octanol–water partition coefficient (Wildman–Crippen LogP) is 2.37. The molecule has 0 saturated heterocycles. The molecule has 3 nitrogen and oxygen atoms in total. The molecule has 0 saturated carbocycles. The van der Waals surface area contributed by atoms with Gasteiger partial charge in [-0.2, -0.15) is 15.4 Å². The van der Waals surface area contributed by atoms with E-state index in [1.807, 2.05) is 30.4 Å². The molecule has 1 heterocycles. The van der Waals surface area contributed by atoms with E-state index in [1.165, 1.54) is 0 Å². The maximum atomic E-state index is 4.01. The van der Waals surface area contributed by atoms with E-state index in [2.05, 4.69) is 31.3 Å². The molecule has 0 spiro atoms. The van der Waals surface area contributed by atoms with Crippen molar-refractivity contribution in [3.05, 3.63) is 29.8 Å². The number of halogens is 1. The van der Waals surface area contributed by atoms with Crippen molar-refractivity contribution >= 4 is 33.0 Å². The molecule has 13 heavy (non-hydrogen) atoms. The fraction of sp³-hybridized carbons (Fsp3) is 0.111. The summed E-state index contributed by atoms with van der Waals surface area (Å²) in [5.74, 6) is 0. The number of benzene rings is 1. The summed E-state index contributed by atoms with van der Waals surface area (Å²) in [6.45, 7) is 0. The molecule has 4 heteroatoms. The molecule has 0 aliphatic carbocycles. The zero-order valence-corrected chi connectivity index (χ0v) is 8.45. The Balaban J connectivity index is 2.42. The topological polar surface area (TPSA) is 41.6 Å². The number of hydrogen-bond donors (Lipinski definition) is 1. The minimum atomic E-state index is 0.865. The summed E-state index contributed by atoms with van der Waals surface area (Å²) in [5, 5.41) is 11.4. The van der Waals surface area contributed by atoms with Gasteiger partial charge < -0.3 is 0 Å². The molecular weight excluding hydrogens is 230 g/mol. The smallest absolute Gasteiger partial charge is 0.113 e. The molecular formula is C9H8BrN3. The van der Waals surface area contributed by atoms with Crippen LogP contribution in [-0.2, 0) is 0 Å². The van der Waals surface area contributed by atoms with Crippen LogP contribution in [-0.4, -0.2) is 20.7 Å². The van der Waals surface area contributed by atoms with Crippen molar-refractivity contribution in [3.63, 3.8) is 0 Å². The highest BCUT2D eigenvalue weighted by Crippen LogP contribution is 2.11. The Morgan fingerprint density at radius 2 is 2.15 bits per heavy atom. The number of aromatic amines is 1. The van der Waals surface area contributed by atoms with Crippen molar-refractivity contribution in [2.24, 2.45) is 0 Å². The number of fused-ring (bicyclic) bond motifs is 1. The van der Waals surface area contributed by atoms with E-state index in [9.17, 15) is 0 Å². The van der Waals surface area contributed by atoms with Gasteiger partial charge in [0.1, 0.15) is 11.0 Å². The zero-order valence-electron chi connectivity index (χ0n) is 6.87. The van der Waals surface area contributed by atoms with E-state index in [-0.39, 0.29) is 0 Å². The summed E-state index contributed by atoms with van der Waals surface area (Å²) in [5.41, 5.74) is 2.94. The van der Waals surface area contributed by atoms with Gasteiger partial charge in [-0.1, -0.05) is 34.1 Å². The van der Waals surface area contributed by atoms with Gasteiger partial charge in [0.15, 0.2) is 0 Å². The molecule has 2 rings (SSSR count). The Labute approximate surface area is 84.0 Å². The van der Waals surface area contributed by atoms with E-state index in [0.29, 0.717) is 0 Å². The van der Waals surface area contributed by atoms with E-state index in [1.54, 1.807) is 0 Å². The van der Waals surface area contributed by atoms with Gasteiger partial charge in [0.05, 0.1) is 0 Å². The Bertz CT molecular complexity index is 433. The normalized spacial score (nSPS) is 11.5. The zero-order chi connectivity index (χ0) is 9.10. The van der Waals surface area contributed by atoms with Gasteiger partial charge in [-0.3, -0.25) is 0 Å². The summed E-state index contributed by atoms with van der Waals surface area (Å²) in [7, 11) is 0. The van der Waals surface area contributed by atoms with Crippen molar-refractivity contribution in [2.75, 3.05) is 5.33 Å². The van der Waals surface area contributed by atoms with Crippen molar-refractivity contribution in [1.82, 2.24) is 15.4 Å². The Morgan fingerprint density at radius 1 is 1.31 bits per heavy atom. The molecule has 1 aromatic carbocycles. The van der Waals surface area contributed by atoms with Gasteiger partial charge in [-0.05, 0) is 17.7 Å².